The number of nitrogens with zero attached hydrogens (tertiary/aromatic N) is 3. The quantitative estimate of drug-likeness (QED) is 0.525. The standard InChI is InChI=1S/C11H11ClN4O2/c1-7-10(12)5-14-15(7)6-8-4-9(16(17)18)2-3-11(8)13/h2-5H,6,13H2,1H3. The number of anilines is 1. The topological polar surface area (TPSA) is 87.0 Å². The van der Waals surface area contributed by atoms with Crippen molar-refractivity contribution in [2.45, 2.75) is 13.5 Å². The average molecular weight is 267 g/mol. The van der Waals surface area contributed by atoms with Crippen LogP contribution in [0.5, 0.6) is 0 Å². The highest BCUT2D eigenvalue weighted by molar-refractivity contribution is 6.31. The van der Waals surface area contributed by atoms with E-state index in [-0.39, 0.29) is 5.69 Å². The molecule has 0 unspecified atom stereocenters. The van der Waals surface area contributed by atoms with Crippen molar-refractivity contribution in [3.63, 3.8) is 0 Å². The number of benzene rings is 1. The molecule has 0 bridgehead atoms. The van der Waals surface area contributed by atoms with E-state index in [0.717, 1.165) is 5.69 Å². The van der Waals surface area contributed by atoms with Gasteiger partial charge in [0.1, 0.15) is 0 Å². The second kappa shape index (κ2) is 4.66. The van der Waals surface area contributed by atoms with Gasteiger partial charge in [-0.2, -0.15) is 5.10 Å². The molecule has 2 N–H and O–H groups in total. The molecule has 0 aliphatic rings. The summed E-state index contributed by atoms with van der Waals surface area (Å²) in [7, 11) is 0. The Morgan fingerprint density at radius 3 is 2.83 bits per heavy atom. The van der Waals surface area contributed by atoms with Crippen molar-refractivity contribution in [2.24, 2.45) is 0 Å². The predicted molar refractivity (Wildman–Crippen MR) is 68.6 cm³/mol. The Hall–Kier alpha value is -2.08. The number of nitrogens with two attached hydrogens (primary N) is 1. The van der Waals surface area contributed by atoms with E-state index in [2.05, 4.69) is 5.10 Å². The van der Waals surface area contributed by atoms with Gasteiger partial charge in [-0.15, -0.1) is 0 Å². The number of non-ortho nitro benzene ring substituents is 1. The zero-order chi connectivity index (χ0) is 13.3. The molecule has 0 fully saturated rings. The summed E-state index contributed by atoms with van der Waals surface area (Å²) in [5.74, 6) is 0. The maximum absolute atomic E-state index is 10.7. The first kappa shape index (κ1) is 12.4. The SMILES string of the molecule is Cc1c(Cl)cnn1Cc1cc([N+](=O)[O-])ccc1N. The van der Waals surface area contributed by atoms with E-state index in [9.17, 15) is 10.1 Å². The molecule has 0 saturated heterocycles. The highest BCUT2D eigenvalue weighted by Crippen LogP contribution is 2.22. The number of hydrogen-bond donors (Lipinski definition) is 1. The number of hydrogen-bond acceptors (Lipinski definition) is 4. The molecule has 18 heavy (non-hydrogen) atoms. The molecular formula is C11H11ClN4O2. The van der Waals surface area contributed by atoms with Crippen molar-refractivity contribution in [1.29, 1.82) is 0 Å². The number of rotatable bonds is 3. The number of halogens is 1. The molecule has 0 saturated carbocycles. The second-order valence-corrected chi connectivity index (χ2v) is 4.28. The molecule has 0 amide bonds. The Bertz CT molecular complexity index is 609. The van der Waals surface area contributed by atoms with Gasteiger partial charge >= 0.3 is 0 Å². The summed E-state index contributed by atoms with van der Waals surface area (Å²) in [4.78, 5) is 10.3. The Balaban J connectivity index is 2.36. The van der Waals surface area contributed by atoms with Crippen molar-refractivity contribution < 1.29 is 4.92 Å². The van der Waals surface area contributed by atoms with Gasteiger partial charge in [0, 0.05) is 23.4 Å². The van der Waals surface area contributed by atoms with Crippen LogP contribution < -0.4 is 5.73 Å². The van der Waals surface area contributed by atoms with Crippen LogP contribution in [0.1, 0.15) is 11.3 Å². The lowest BCUT2D eigenvalue weighted by molar-refractivity contribution is -0.384. The molecule has 0 spiro atoms. The van der Waals surface area contributed by atoms with Gasteiger partial charge in [-0.1, -0.05) is 11.6 Å². The van der Waals surface area contributed by atoms with E-state index >= 15 is 0 Å². The minimum absolute atomic E-state index is 0.00936. The molecular weight excluding hydrogens is 256 g/mol. The molecule has 6 nitrogen and oxygen atoms in total. The molecule has 0 radical (unpaired) electrons. The van der Waals surface area contributed by atoms with Crippen LogP contribution in [0.25, 0.3) is 0 Å². The fourth-order valence-electron chi connectivity index (χ4n) is 1.59. The van der Waals surface area contributed by atoms with Gasteiger partial charge < -0.3 is 5.73 Å². The smallest absolute Gasteiger partial charge is 0.269 e. The maximum atomic E-state index is 10.7. The third-order valence-corrected chi connectivity index (χ3v) is 3.07. The Labute approximate surface area is 108 Å². The zero-order valence-corrected chi connectivity index (χ0v) is 10.4. The summed E-state index contributed by atoms with van der Waals surface area (Å²) in [6.45, 7) is 2.18. The van der Waals surface area contributed by atoms with Crippen LogP contribution in [-0.2, 0) is 6.54 Å². The Morgan fingerprint density at radius 1 is 1.56 bits per heavy atom. The average Bonchev–Trinajstić information content (AvgIpc) is 2.63. The van der Waals surface area contributed by atoms with E-state index in [0.29, 0.717) is 22.8 Å². The van der Waals surface area contributed by atoms with Gasteiger partial charge in [0.2, 0.25) is 0 Å². The molecule has 0 aliphatic heterocycles. The van der Waals surface area contributed by atoms with Crippen molar-refractivity contribution in [3.8, 4) is 0 Å². The minimum Gasteiger partial charge on any atom is -0.398 e. The number of aromatic nitrogens is 2. The fraction of sp³-hybridized carbons (Fsp3) is 0.182. The molecule has 2 rings (SSSR count). The van der Waals surface area contributed by atoms with Crippen LogP contribution in [0.3, 0.4) is 0 Å². The number of nitrogen functional groups attached to an aromatic ring is 1. The van der Waals surface area contributed by atoms with Gasteiger partial charge in [-0.25, -0.2) is 0 Å². The highest BCUT2D eigenvalue weighted by atomic mass is 35.5. The first-order chi connectivity index (χ1) is 8.49. The van der Waals surface area contributed by atoms with Crippen LogP contribution in [0, 0.1) is 17.0 Å². The summed E-state index contributed by atoms with van der Waals surface area (Å²) in [5, 5.41) is 15.3. The lowest BCUT2D eigenvalue weighted by Gasteiger charge is -2.07. The molecule has 0 aliphatic carbocycles. The van der Waals surface area contributed by atoms with E-state index in [1.165, 1.54) is 24.4 Å². The maximum Gasteiger partial charge on any atom is 0.269 e. The van der Waals surface area contributed by atoms with Crippen LogP contribution in [0.15, 0.2) is 24.4 Å². The fourth-order valence-corrected chi connectivity index (χ4v) is 1.73. The van der Waals surface area contributed by atoms with E-state index < -0.39 is 4.92 Å². The van der Waals surface area contributed by atoms with Crippen LogP contribution in [0.4, 0.5) is 11.4 Å². The largest absolute Gasteiger partial charge is 0.398 e. The molecule has 1 aromatic carbocycles. The second-order valence-electron chi connectivity index (χ2n) is 3.88. The van der Waals surface area contributed by atoms with Gasteiger partial charge in [0.05, 0.1) is 28.4 Å². The van der Waals surface area contributed by atoms with E-state index in [4.69, 9.17) is 17.3 Å². The number of nitro groups is 1. The summed E-state index contributed by atoms with van der Waals surface area (Å²) >= 11 is 5.89. The van der Waals surface area contributed by atoms with Crippen molar-refractivity contribution in [1.82, 2.24) is 9.78 Å². The first-order valence-corrected chi connectivity index (χ1v) is 5.57. The lowest BCUT2D eigenvalue weighted by atomic mass is 10.1. The summed E-state index contributed by atoms with van der Waals surface area (Å²) < 4.78 is 1.65. The third kappa shape index (κ3) is 2.28. The zero-order valence-electron chi connectivity index (χ0n) is 9.63. The van der Waals surface area contributed by atoms with Gasteiger partial charge in [0.15, 0.2) is 0 Å². The summed E-state index contributed by atoms with van der Waals surface area (Å²) in [6.07, 6.45) is 1.53. The molecule has 94 valence electrons. The Kier molecular flexibility index (Phi) is 3.20. The van der Waals surface area contributed by atoms with Crippen molar-refractivity contribution in [2.75, 3.05) is 5.73 Å². The molecule has 0 atom stereocenters. The molecule has 7 heteroatoms. The van der Waals surface area contributed by atoms with Gasteiger partial charge in [-0.05, 0) is 13.0 Å². The van der Waals surface area contributed by atoms with Gasteiger partial charge in [-0.3, -0.25) is 14.8 Å². The predicted octanol–water partition coefficient (Wildman–Crippen LogP) is 2.38. The third-order valence-electron chi connectivity index (χ3n) is 2.70. The molecule has 1 heterocycles. The lowest BCUT2D eigenvalue weighted by Crippen LogP contribution is -2.06. The van der Waals surface area contributed by atoms with Crippen LogP contribution in [0.2, 0.25) is 5.02 Å². The van der Waals surface area contributed by atoms with E-state index in [1.54, 1.807) is 4.68 Å². The normalized spacial score (nSPS) is 10.6. The van der Waals surface area contributed by atoms with Crippen molar-refractivity contribution in [3.05, 3.63) is 50.8 Å². The first-order valence-electron chi connectivity index (χ1n) is 5.19. The van der Waals surface area contributed by atoms with Crippen LogP contribution >= 0.6 is 11.6 Å². The number of nitro benzene ring substituents is 1. The van der Waals surface area contributed by atoms with Crippen molar-refractivity contribution >= 4 is 23.0 Å². The molecule has 1 aromatic heterocycles. The molecule has 2 aromatic rings. The summed E-state index contributed by atoms with van der Waals surface area (Å²) in [5.41, 5.74) is 7.74. The Morgan fingerprint density at radius 2 is 2.28 bits per heavy atom. The minimum atomic E-state index is -0.453. The van der Waals surface area contributed by atoms with Gasteiger partial charge in [0.25, 0.3) is 5.69 Å². The monoisotopic (exact) mass is 266 g/mol. The highest BCUT2D eigenvalue weighted by Gasteiger charge is 2.11. The summed E-state index contributed by atoms with van der Waals surface area (Å²) in [6, 6.07) is 4.35. The van der Waals surface area contributed by atoms with Crippen LogP contribution in [-0.4, -0.2) is 14.7 Å². The van der Waals surface area contributed by atoms with E-state index in [1.807, 2.05) is 6.92 Å².